The highest BCUT2D eigenvalue weighted by molar-refractivity contribution is 6.02. The van der Waals surface area contributed by atoms with Crippen molar-refractivity contribution in [1.82, 2.24) is 4.40 Å². The summed E-state index contributed by atoms with van der Waals surface area (Å²) < 4.78 is 3.93. The summed E-state index contributed by atoms with van der Waals surface area (Å²) in [5.41, 5.74) is 5.01. The molecule has 0 N–H and O–H groups in total. The van der Waals surface area contributed by atoms with Gasteiger partial charge < -0.3 is 16.8 Å². The molecule has 4 rings (SSSR count). The van der Waals surface area contributed by atoms with E-state index >= 15 is 0 Å². The van der Waals surface area contributed by atoms with Gasteiger partial charge in [-0.15, -0.1) is 0 Å². The van der Waals surface area contributed by atoms with Gasteiger partial charge in [-0.1, -0.05) is 42.5 Å². The fourth-order valence-corrected chi connectivity index (χ4v) is 3.25. The van der Waals surface area contributed by atoms with Gasteiger partial charge in [-0.2, -0.15) is 4.57 Å². The second-order valence-corrected chi connectivity index (χ2v) is 6.19. The SMILES string of the molecule is Cc1cccn2c(C(=O)C[n+]3ccccc3)c(-c3ccccc3)cc12.[Cl-]. The van der Waals surface area contributed by atoms with Crippen LogP contribution < -0.4 is 17.0 Å². The van der Waals surface area contributed by atoms with Gasteiger partial charge in [0.05, 0.1) is 0 Å². The normalized spacial score (nSPS) is 10.5. The van der Waals surface area contributed by atoms with Gasteiger partial charge in [0.15, 0.2) is 12.4 Å². The van der Waals surface area contributed by atoms with Gasteiger partial charge >= 0.3 is 0 Å². The number of hydrogen-bond acceptors (Lipinski definition) is 1. The van der Waals surface area contributed by atoms with Crippen molar-refractivity contribution in [3.05, 3.63) is 96.6 Å². The number of rotatable bonds is 4. The smallest absolute Gasteiger partial charge is 0.244 e. The third kappa shape index (κ3) is 3.26. The zero-order valence-electron chi connectivity index (χ0n) is 14.5. The van der Waals surface area contributed by atoms with Crippen molar-refractivity contribution in [2.24, 2.45) is 0 Å². The third-order valence-electron chi connectivity index (χ3n) is 4.47. The first-order valence-corrected chi connectivity index (χ1v) is 8.37. The number of aromatic nitrogens is 2. The first kappa shape index (κ1) is 17.9. The molecule has 0 saturated carbocycles. The number of fused-ring (bicyclic) bond motifs is 1. The van der Waals surface area contributed by atoms with Gasteiger partial charge in [0.1, 0.15) is 5.69 Å². The zero-order valence-corrected chi connectivity index (χ0v) is 15.2. The Morgan fingerprint density at radius 2 is 1.65 bits per heavy atom. The number of nitrogens with zero attached hydrogens (tertiary/aromatic N) is 2. The summed E-state index contributed by atoms with van der Waals surface area (Å²) in [6.07, 6.45) is 5.81. The number of aryl methyl sites for hydroxylation is 1. The van der Waals surface area contributed by atoms with E-state index in [2.05, 4.69) is 31.2 Å². The van der Waals surface area contributed by atoms with Gasteiger partial charge in [-0.3, -0.25) is 4.79 Å². The number of hydrogen-bond donors (Lipinski definition) is 0. The Kier molecular flexibility index (Phi) is 5.19. The van der Waals surface area contributed by atoms with E-state index in [9.17, 15) is 4.79 Å². The fourth-order valence-electron chi connectivity index (χ4n) is 3.25. The van der Waals surface area contributed by atoms with Crippen LogP contribution in [-0.4, -0.2) is 10.2 Å². The number of halogens is 1. The molecule has 0 spiro atoms. The van der Waals surface area contributed by atoms with Crippen LogP contribution in [0.4, 0.5) is 0 Å². The van der Waals surface area contributed by atoms with Crippen molar-refractivity contribution in [3.63, 3.8) is 0 Å². The average molecular weight is 363 g/mol. The molecule has 3 aromatic heterocycles. The van der Waals surface area contributed by atoms with Crippen molar-refractivity contribution in [2.45, 2.75) is 13.5 Å². The van der Waals surface area contributed by atoms with Gasteiger partial charge in [0.25, 0.3) is 0 Å². The highest BCUT2D eigenvalue weighted by Gasteiger charge is 2.22. The Morgan fingerprint density at radius 1 is 0.962 bits per heavy atom. The average Bonchev–Trinajstić information content (AvgIpc) is 3.04. The Morgan fingerprint density at radius 3 is 2.38 bits per heavy atom. The summed E-state index contributed by atoms with van der Waals surface area (Å²) in [6.45, 7) is 2.39. The van der Waals surface area contributed by atoms with E-state index in [0.29, 0.717) is 6.54 Å². The Hall–Kier alpha value is -2.91. The van der Waals surface area contributed by atoms with E-state index in [-0.39, 0.29) is 18.2 Å². The number of pyridine rings is 2. The van der Waals surface area contributed by atoms with E-state index in [0.717, 1.165) is 27.9 Å². The summed E-state index contributed by atoms with van der Waals surface area (Å²) in [7, 11) is 0. The van der Waals surface area contributed by atoms with Gasteiger partial charge in [-0.25, -0.2) is 0 Å². The second kappa shape index (κ2) is 7.54. The molecular weight excluding hydrogens is 344 g/mol. The van der Waals surface area contributed by atoms with Crippen LogP contribution in [0.1, 0.15) is 16.1 Å². The van der Waals surface area contributed by atoms with Crippen molar-refractivity contribution in [3.8, 4) is 11.1 Å². The van der Waals surface area contributed by atoms with Crippen LogP contribution >= 0.6 is 0 Å². The lowest BCUT2D eigenvalue weighted by Gasteiger charge is -2.05. The maximum absolute atomic E-state index is 13.2. The van der Waals surface area contributed by atoms with Crippen molar-refractivity contribution < 1.29 is 21.8 Å². The molecule has 3 nitrogen and oxygen atoms in total. The molecule has 0 fully saturated rings. The number of benzene rings is 1. The summed E-state index contributed by atoms with van der Waals surface area (Å²) in [4.78, 5) is 13.2. The van der Waals surface area contributed by atoms with E-state index in [1.807, 2.05) is 70.0 Å². The van der Waals surface area contributed by atoms with Gasteiger partial charge in [0.2, 0.25) is 12.3 Å². The summed E-state index contributed by atoms with van der Waals surface area (Å²) in [5, 5.41) is 0. The molecule has 1 aromatic carbocycles. The van der Waals surface area contributed by atoms with Gasteiger partial charge in [0, 0.05) is 29.4 Å². The lowest BCUT2D eigenvalue weighted by atomic mass is 10.0. The molecule has 0 aliphatic heterocycles. The molecule has 26 heavy (non-hydrogen) atoms. The fraction of sp³-hybridized carbons (Fsp3) is 0.0909. The summed E-state index contributed by atoms with van der Waals surface area (Å²) in [6, 6.07) is 22.1. The van der Waals surface area contributed by atoms with Crippen LogP contribution in [0.2, 0.25) is 0 Å². The van der Waals surface area contributed by atoms with Gasteiger partial charge in [-0.05, 0) is 30.2 Å². The van der Waals surface area contributed by atoms with E-state index in [1.165, 1.54) is 0 Å². The number of carbonyl (C=O) groups is 1. The number of ketones is 1. The topological polar surface area (TPSA) is 25.4 Å². The molecule has 4 heteroatoms. The molecule has 0 aliphatic rings. The van der Waals surface area contributed by atoms with E-state index in [1.54, 1.807) is 0 Å². The molecule has 4 aromatic rings. The minimum Gasteiger partial charge on any atom is -1.00 e. The minimum atomic E-state index is 0. The second-order valence-electron chi connectivity index (χ2n) is 6.19. The van der Waals surface area contributed by atoms with Crippen LogP contribution in [0.15, 0.2) is 85.3 Å². The van der Waals surface area contributed by atoms with E-state index < -0.39 is 0 Å². The van der Waals surface area contributed by atoms with Crippen LogP contribution in [0.25, 0.3) is 16.6 Å². The maximum Gasteiger partial charge on any atom is 0.244 e. The van der Waals surface area contributed by atoms with Crippen molar-refractivity contribution in [1.29, 1.82) is 0 Å². The standard InChI is InChI=1S/C22H19N2O.ClH/c1-17-9-8-14-24-20(17)15-19(18-10-4-2-5-11-18)22(24)21(25)16-23-12-6-3-7-13-23;/h2-15H,16H2,1H3;1H/q+1;/p-1. The highest BCUT2D eigenvalue weighted by Crippen LogP contribution is 2.29. The van der Waals surface area contributed by atoms with Crippen molar-refractivity contribution in [2.75, 3.05) is 0 Å². The molecule has 130 valence electrons. The highest BCUT2D eigenvalue weighted by atomic mass is 35.5. The van der Waals surface area contributed by atoms with Crippen LogP contribution in [-0.2, 0) is 6.54 Å². The Labute approximate surface area is 159 Å². The molecule has 0 aliphatic carbocycles. The third-order valence-corrected chi connectivity index (χ3v) is 4.47. The zero-order chi connectivity index (χ0) is 17.2. The molecule has 0 amide bonds. The predicted molar refractivity (Wildman–Crippen MR) is 98.5 cm³/mol. The first-order valence-electron chi connectivity index (χ1n) is 8.37. The van der Waals surface area contributed by atoms with E-state index in [4.69, 9.17) is 0 Å². The van der Waals surface area contributed by atoms with Crippen LogP contribution in [0.5, 0.6) is 0 Å². The first-order chi connectivity index (χ1) is 12.2. The number of Topliss-reactive ketones (excluding diaryl/α,β-unsaturated/α-hetero) is 1. The lowest BCUT2D eigenvalue weighted by molar-refractivity contribution is -0.683. The van der Waals surface area contributed by atoms with Crippen LogP contribution in [0, 0.1) is 6.92 Å². The monoisotopic (exact) mass is 362 g/mol. The lowest BCUT2D eigenvalue weighted by Crippen LogP contribution is -3.00. The molecule has 0 atom stereocenters. The molecule has 3 heterocycles. The molecule has 0 unspecified atom stereocenters. The largest absolute Gasteiger partial charge is 1.00 e. The predicted octanol–water partition coefficient (Wildman–Crippen LogP) is 1.09. The van der Waals surface area contributed by atoms with Crippen molar-refractivity contribution >= 4 is 11.3 Å². The molecule has 0 bridgehead atoms. The number of carbonyl (C=O) groups excluding carboxylic acids is 1. The Balaban J connectivity index is 0.00000196. The molecule has 0 saturated heterocycles. The quantitative estimate of drug-likeness (QED) is 0.394. The summed E-state index contributed by atoms with van der Waals surface area (Å²) in [5.74, 6) is 0.0978. The molecular formula is C22H19ClN2O. The summed E-state index contributed by atoms with van der Waals surface area (Å²) >= 11 is 0. The Bertz CT molecular complexity index is 1040. The molecule has 0 radical (unpaired) electrons. The van der Waals surface area contributed by atoms with Crippen LogP contribution in [0.3, 0.4) is 0 Å². The minimum absolute atomic E-state index is 0. The maximum atomic E-state index is 13.2.